The van der Waals surface area contributed by atoms with Gasteiger partial charge in [0.25, 0.3) is 0 Å². The van der Waals surface area contributed by atoms with Gasteiger partial charge in [-0.05, 0) is 19.8 Å². The standard InChI is InChI=1S/C25H48O6/c1-21-22(26)20-23(27)25(31-21)30-19-17-15-13-11-9-7-5-3-2-4-6-8-10-12-14-16-18-24(28)29/h21-23,25-27H,2-20H2,1H3,(H,28,29)/t21-,22+,23+,25+/m0/s1. The fraction of sp³-hybridized carbons (Fsp3) is 0.960. The van der Waals surface area contributed by atoms with Crippen molar-refractivity contribution in [3.8, 4) is 0 Å². The van der Waals surface area contributed by atoms with Crippen LogP contribution < -0.4 is 0 Å². The molecule has 0 unspecified atom stereocenters. The average Bonchev–Trinajstić information content (AvgIpc) is 2.73. The second-order valence-electron chi connectivity index (χ2n) is 9.25. The summed E-state index contributed by atoms with van der Waals surface area (Å²) in [4.78, 5) is 10.4. The molecule has 0 aromatic heterocycles. The van der Waals surface area contributed by atoms with Crippen molar-refractivity contribution in [2.24, 2.45) is 0 Å². The molecule has 0 saturated carbocycles. The lowest BCUT2D eigenvalue weighted by Crippen LogP contribution is -2.47. The molecule has 6 heteroatoms. The fourth-order valence-electron chi connectivity index (χ4n) is 4.15. The van der Waals surface area contributed by atoms with E-state index in [-0.39, 0.29) is 6.10 Å². The molecule has 1 saturated heterocycles. The number of aliphatic hydroxyl groups is 2. The zero-order chi connectivity index (χ0) is 22.7. The molecule has 1 heterocycles. The zero-order valence-electron chi connectivity index (χ0n) is 19.8. The quantitative estimate of drug-likeness (QED) is 0.212. The van der Waals surface area contributed by atoms with Crippen molar-refractivity contribution in [1.82, 2.24) is 0 Å². The molecule has 184 valence electrons. The highest BCUT2D eigenvalue weighted by atomic mass is 16.7. The van der Waals surface area contributed by atoms with Crippen LogP contribution in [0.2, 0.25) is 0 Å². The Kier molecular flexibility index (Phi) is 17.2. The number of aliphatic hydroxyl groups excluding tert-OH is 2. The molecule has 3 N–H and O–H groups in total. The summed E-state index contributed by atoms with van der Waals surface area (Å²) in [6.07, 6.45) is 18.1. The summed E-state index contributed by atoms with van der Waals surface area (Å²) < 4.78 is 11.2. The van der Waals surface area contributed by atoms with Crippen LogP contribution in [0.5, 0.6) is 0 Å². The molecule has 0 aliphatic carbocycles. The summed E-state index contributed by atoms with van der Waals surface area (Å²) in [7, 11) is 0. The van der Waals surface area contributed by atoms with Crippen LogP contribution in [0.3, 0.4) is 0 Å². The maximum absolute atomic E-state index is 10.4. The Labute approximate surface area is 189 Å². The predicted molar refractivity (Wildman–Crippen MR) is 123 cm³/mol. The SMILES string of the molecule is C[C@@H]1O[C@@H](OCCCCCCCCCCCCCCCCCCC(=O)O)[C@H](O)C[C@H]1O. The summed E-state index contributed by atoms with van der Waals surface area (Å²) in [5.41, 5.74) is 0. The minimum absolute atomic E-state index is 0.282. The van der Waals surface area contributed by atoms with Crippen LogP contribution >= 0.6 is 0 Å². The molecule has 0 radical (unpaired) electrons. The number of carboxylic acids is 1. The first-order valence-corrected chi connectivity index (χ1v) is 12.9. The highest BCUT2D eigenvalue weighted by molar-refractivity contribution is 5.66. The summed E-state index contributed by atoms with van der Waals surface area (Å²) in [6.45, 7) is 2.41. The Balaban J connectivity index is 1.74. The smallest absolute Gasteiger partial charge is 0.303 e. The van der Waals surface area contributed by atoms with Crippen LogP contribution in [-0.4, -0.2) is 52.5 Å². The van der Waals surface area contributed by atoms with Gasteiger partial charge in [0, 0.05) is 19.4 Å². The topological polar surface area (TPSA) is 96.2 Å². The number of rotatable bonds is 20. The molecule has 0 amide bonds. The lowest BCUT2D eigenvalue weighted by Gasteiger charge is -2.35. The maximum Gasteiger partial charge on any atom is 0.303 e. The second-order valence-corrected chi connectivity index (χ2v) is 9.25. The fourth-order valence-corrected chi connectivity index (χ4v) is 4.15. The molecule has 1 rings (SSSR count). The van der Waals surface area contributed by atoms with Crippen molar-refractivity contribution >= 4 is 5.97 Å². The van der Waals surface area contributed by atoms with Crippen molar-refractivity contribution in [1.29, 1.82) is 0 Å². The molecule has 0 bridgehead atoms. The van der Waals surface area contributed by atoms with Gasteiger partial charge in [-0.15, -0.1) is 0 Å². The van der Waals surface area contributed by atoms with Crippen molar-refractivity contribution in [2.75, 3.05) is 6.61 Å². The molecule has 6 nitrogen and oxygen atoms in total. The van der Waals surface area contributed by atoms with Gasteiger partial charge in [0.05, 0.1) is 12.2 Å². The Morgan fingerprint density at radius 2 is 1.16 bits per heavy atom. The van der Waals surface area contributed by atoms with Crippen LogP contribution in [0.15, 0.2) is 0 Å². The highest BCUT2D eigenvalue weighted by Gasteiger charge is 2.34. The third-order valence-electron chi connectivity index (χ3n) is 6.25. The lowest BCUT2D eigenvalue weighted by atomic mass is 10.0. The molecule has 1 aliphatic rings. The summed E-state index contributed by atoms with van der Waals surface area (Å²) in [5.74, 6) is -0.672. The van der Waals surface area contributed by atoms with E-state index in [2.05, 4.69) is 0 Å². The first-order valence-electron chi connectivity index (χ1n) is 12.9. The van der Waals surface area contributed by atoms with Gasteiger partial charge in [0.1, 0.15) is 6.10 Å². The van der Waals surface area contributed by atoms with Crippen LogP contribution in [0.1, 0.15) is 122 Å². The van der Waals surface area contributed by atoms with Crippen LogP contribution in [0.4, 0.5) is 0 Å². The van der Waals surface area contributed by atoms with Gasteiger partial charge in [0.15, 0.2) is 6.29 Å². The number of hydrogen-bond acceptors (Lipinski definition) is 5. The van der Waals surface area contributed by atoms with E-state index in [0.717, 1.165) is 25.7 Å². The van der Waals surface area contributed by atoms with Crippen molar-refractivity contribution < 1.29 is 29.6 Å². The van der Waals surface area contributed by atoms with E-state index in [1.807, 2.05) is 6.92 Å². The van der Waals surface area contributed by atoms with E-state index in [0.29, 0.717) is 19.4 Å². The van der Waals surface area contributed by atoms with Gasteiger partial charge in [-0.2, -0.15) is 0 Å². The highest BCUT2D eigenvalue weighted by Crippen LogP contribution is 2.21. The van der Waals surface area contributed by atoms with E-state index in [9.17, 15) is 15.0 Å². The average molecular weight is 445 g/mol. The number of aliphatic carboxylic acids is 1. The van der Waals surface area contributed by atoms with E-state index in [1.54, 1.807) is 0 Å². The number of carboxylic acid groups (broad SMARTS) is 1. The van der Waals surface area contributed by atoms with E-state index in [1.165, 1.54) is 77.0 Å². The predicted octanol–water partition coefficient (Wildman–Crippen LogP) is 5.58. The van der Waals surface area contributed by atoms with Gasteiger partial charge in [-0.1, -0.05) is 89.9 Å². The van der Waals surface area contributed by atoms with Crippen LogP contribution in [0.25, 0.3) is 0 Å². The Hall–Kier alpha value is -0.690. The van der Waals surface area contributed by atoms with Gasteiger partial charge < -0.3 is 24.8 Å². The Morgan fingerprint density at radius 1 is 0.742 bits per heavy atom. The molecule has 0 aromatic carbocycles. The Bertz CT molecular complexity index is 430. The van der Waals surface area contributed by atoms with Gasteiger partial charge in [0.2, 0.25) is 0 Å². The first kappa shape index (κ1) is 28.3. The molecular formula is C25H48O6. The maximum atomic E-state index is 10.4. The van der Waals surface area contributed by atoms with Gasteiger partial charge in [-0.3, -0.25) is 4.79 Å². The van der Waals surface area contributed by atoms with Crippen molar-refractivity contribution in [3.05, 3.63) is 0 Å². The molecule has 1 fully saturated rings. The summed E-state index contributed by atoms with van der Waals surface area (Å²) in [6, 6.07) is 0. The van der Waals surface area contributed by atoms with Gasteiger partial charge >= 0.3 is 5.97 Å². The van der Waals surface area contributed by atoms with Crippen molar-refractivity contribution in [3.63, 3.8) is 0 Å². The normalized spacial score (nSPS) is 23.8. The van der Waals surface area contributed by atoms with E-state index < -0.39 is 24.5 Å². The molecular weight excluding hydrogens is 396 g/mol. The molecule has 0 aromatic rings. The summed E-state index contributed by atoms with van der Waals surface area (Å²) >= 11 is 0. The second kappa shape index (κ2) is 18.8. The minimum Gasteiger partial charge on any atom is -0.481 e. The minimum atomic E-state index is -0.735. The first-order chi connectivity index (χ1) is 15.0. The molecule has 1 aliphatic heterocycles. The zero-order valence-corrected chi connectivity index (χ0v) is 19.8. The summed E-state index contributed by atoms with van der Waals surface area (Å²) in [5, 5.41) is 28.1. The lowest BCUT2D eigenvalue weighted by molar-refractivity contribution is -0.261. The van der Waals surface area contributed by atoms with E-state index >= 15 is 0 Å². The van der Waals surface area contributed by atoms with Crippen molar-refractivity contribution in [2.45, 2.75) is 147 Å². The van der Waals surface area contributed by atoms with Crippen LogP contribution in [0, 0.1) is 0 Å². The Morgan fingerprint density at radius 3 is 1.61 bits per heavy atom. The number of hydrogen-bond donors (Lipinski definition) is 3. The van der Waals surface area contributed by atoms with Gasteiger partial charge in [-0.25, -0.2) is 0 Å². The molecule has 4 atom stereocenters. The largest absolute Gasteiger partial charge is 0.481 e. The number of unbranched alkanes of at least 4 members (excludes halogenated alkanes) is 15. The monoisotopic (exact) mass is 444 g/mol. The third kappa shape index (κ3) is 15.7. The number of ether oxygens (including phenoxy) is 2. The number of carbonyl (C=O) groups is 1. The van der Waals surface area contributed by atoms with E-state index in [4.69, 9.17) is 14.6 Å². The molecule has 0 spiro atoms. The van der Waals surface area contributed by atoms with Crippen LogP contribution in [-0.2, 0) is 14.3 Å². The third-order valence-corrected chi connectivity index (χ3v) is 6.25. The molecule has 31 heavy (non-hydrogen) atoms.